The Bertz CT molecular complexity index is 93.6. The van der Waals surface area contributed by atoms with Crippen LogP contribution in [-0.2, 0) is 0 Å². The van der Waals surface area contributed by atoms with Crippen molar-refractivity contribution in [2.75, 3.05) is 0 Å². The number of unbranched alkanes of at least 4 members (excludes halogenated alkanes) is 1. The van der Waals surface area contributed by atoms with E-state index in [2.05, 4.69) is 33.1 Å². The molecular weight excluding hydrogens is 194 g/mol. The van der Waals surface area contributed by atoms with Crippen LogP contribution in [-0.4, -0.2) is 0 Å². The molecule has 1 heteroatoms. The summed E-state index contributed by atoms with van der Waals surface area (Å²) in [6.07, 6.45) is 11.2. The van der Waals surface area contributed by atoms with Gasteiger partial charge < -0.3 is 5.73 Å². The zero-order valence-corrected chi connectivity index (χ0v) is 12.4. The lowest BCUT2D eigenvalue weighted by atomic mass is 9.93. The van der Waals surface area contributed by atoms with Crippen LogP contribution in [0.1, 0.15) is 79.6 Å². The minimum Gasteiger partial charge on any atom is -0.405 e. The summed E-state index contributed by atoms with van der Waals surface area (Å²) < 4.78 is 0. The van der Waals surface area contributed by atoms with Gasteiger partial charge in [-0.25, -0.2) is 0 Å². The Balaban J connectivity index is -0.000000289. The molecule has 0 heterocycles. The summed E-state index contributed by atoms with van der Waals surface area (Å²) >= 11 is 0. The van der Waals surface area contributed by atoms with Gasteiger partial charge in [-0.2, -0.15) is 0 Å². The maximum Gasteiger partial charge on any atom is -0.0136 e. The van der Waals surface area contributed by atoms with E-state index in [1.54, 1.807) is 0 Å². The van der Waals surface area contributed by atoms with E-state index < -0.39 is 0 Å². The standard InChI is InChI=1S/C11H24.C2H5N.C2H6/c1-4-7-10-11(8-5-2)9-6-3;1-2-3;1-2/h11H,4-10H2,1-3H3;2H,1,3H2;1-2H3. The third-order valence-corrected chi connectivity index (χ3v) is 2.36. The Hall–Kier alpha value is -0.460. The molecule has 0 atom stereocenters. The lowest BCUT2D eigenvalue weighted by Gasteiger charge is -2.13. The van der Waals surface area contributed by atoms with Crippen LogP contribution in [0.25, 0.3) is 0 Å². The second-order valence-corrected chi connectivity index (χ2v) is 3.82. The summed E-state index contributed by atoms with van der Waals surface area (Å²) in [5.41, 5.74) is 4.61. The fraction of sp³-hybridized carbons (Fsp3) is 0.867. The van der Waals surface area contributed by atoms with Gasteiger partial charge in [-0.1, -0.05) is 86.1 Å². The third-order valence-electron chi connectivity index (χ3n) is 2.36. The highest BCUT2D eigenvalue weighted by Gasteiger charge is 2.04. The predicted molar refractivity (Wildman–Crippen MR) is 78.6 cm³/mol. The van der Waals surface area contributed by atoms with Gasteiger partial charge in [-0.05, 0) is 12.1 Å². The lowest BCUT2D eigenvalue weighted by molar-refractivity contribution is 0.398. The molecule has 0 aromatic heterocycles. The van der Waals surface area contributed by atoms with Crippen LogP contribution in [0.5, 0.6) is 0 Å². The first kappa shape index (κ1) is 20.9. The maximum atomic E-state index is 4.61. The Morgan fingerprint density at radius 1 is 0.938 bits per heavy atom. The number of rotatable bonds is 7. The van der Waals surface area contributed by atoms with Crippen molar-refractivity contribution >= 4 is 0 Å². The van der Waals surface area contributed by atoms with E-state index >= 15 is 0 Å². The van der Waals surface area contributed by atoms with Crippen molar-refractivity contribution in [3.05, 3.63) is 12.8 Å². The van der Waals surface area contributed by atoms with E-state index in [4.69, 9.17) is 0 Å². The highest BCUT2D eigenvalue weighted by atomic mass is 14.5. The van der Waals surface area contributed by atoms with Crippen LogP contribution < -0.4 is 5.73 Å². The molecule has 16 heavy (non-hydrogen) atoms. The largest absolute Gasteiger partial charge is 0.405 e. The quantitative estimate of drug-likeness (QED) is 0.612. The van der Waals surface area contributed by atoms with E-state index in [-0.39, 0.29) is 0 Å². The van der Waals surface area contributed by atoms with Crippen molar-refractivity contribution in [1.29, 1.82) is 0 Å². The maximum absolute atomic E-state index is 4.61. The molecule has 0 rings (SSSR count). The smallest absolute Gasteiger partial charge is 0.0136 e. The monoisotopic (exact) mass is 229 g/mol. The van der Waals surface area contributed by atoms with Crippen LogP contribution in [0.4, 0.5) is 0 Å². The Kier molecular flexibility index (Phi) is 31.3. The highest BCUT2D eigenvalue weighted by molar-refractivity contribution is 4.57. The molecule has 100 valence electrons. The van der Waals surface area contributed by atoms with E-state index in [1.807, 2.05) is 13.8 Å². The molecule has 0 bridgehead atoms. The van der Waals surface area contributed by atoms with E-state index in [1.165, 1.54) is 51.1 Å². The first-order chi connectivity index (χ1) is 7.76. The summed E-state index contributed by atoms with van der Waals surface area (Å²) in [4.78, 5) is 0. The van der Waals surface area contributed by atoms with Crippen molar-refractivity contribution < 1.29 is 0 Å². The Morgan fingerprint density at radius 2 is 1.31 bits per heavy atom. The molecule has 0 unspecified atom stereocenters. The van der Waals surface area contributed by atoms with Gasteiger partial charge in [0.05, 0.1) is 0 Å². The van der Waals surface area contributed by atoms with Crippen molar-refractivity contribution in [2.24, 2.45) is 11.7 Å². The molecule has 2 N–H and O–H groups in total. The second kappa shape index (κ2) is 24.0. The summed E-state index contributed by atoms with van der Waals surface area (Å²) in [7, 11) is 0. The van der Waals surface area contributed by atoms with Crippen LogP contribution in [0.2, 0.25) is 0 Å². The van der Waals surface area contributed by atoms with Gasteiger partial charge in [-0.3, -0.25) is 0 Å². The first-order valence-electron chi connectivity index (χ1n) is 7.09. The van der Waals surface area contributed by atoms with Crippen molar-refractivity contribution in [2.45, 2.75) is 79.6 Å². The zero-order chi connectivity index (χ0) is 13.2. The Labute approximate surface area is 105 Å². The van der Waals surface area contributed by atoms with E-state index in [0.29, 0.717) is 0 Å². The van der Waals surface area contributed by atoms with Gasteiger partial charge in [0.25, 0.3) is 0 Å². The van der Waals surface area contributed by atoms with Crippen LogP contribution >= 0.6 is 0 Å². The van der Waals surface area contributed by atoms with Crippen molar-refractivity contribution in [3.8, 4) is 0 Å². The summed E-state index contributed by atoms with van der Waals surface area (Å²) in [5, 5.41) is 0. The number of nitrogens with two attached hydrogens (primary N) is 1. The molecular formula is C15H35N. The fourth-order valence-corrected chi connectivity index (χ4v) is 1.74. The average Bonchev–Trinajstić information content (AvgIpc) is 2.30. The third kappa shape index (κ3) is 23.4. The predicted octanol–water partition coefficient (Wildman–Crippen LogP) is 5.51. The molecule has 0 aliphatic carbocycles. The highest BCUT2D eigenvalue weighted by Crippen LogP contribution is 2.19. The summed E-state index contributed by atoms with van der Waals surface area (Å²) in [6.45, 7) is 14.0. The van der Waals surface area contributed by atoms with Crippen LogP contribution in [0, 0.1) is 5.92 Å². The molecule has 0 spiro atoms. The minimum atomic E-state index is 1.03. The molecule has 0 saturated heterocycles. The van der Waals surface area contributed by atoms with E-state index in [9.17, 15) is 0 Å². The van der Waals surface area contributed by atoms with Crippen LogP contribution in [0.15, 0.2) is 12.8 Å². The average molecular weight is 229 g/mol. The molecule has 0 aromatic carbocycles. The van der Waals surface area contributed by atoms with Gasteiger partial charge in [-0.15, -0.1) is 0 Å². The second-order valence-electron chi connectivity index (χ2n) is 3.82. The van der Waals surface area contributed by atoms with Crippen LogP contribution in [0.3, 0.4) is 0 Å². The van der Waals surface area contributed by atoms with Gasteiger partial charge in [0.2, 0.25) is 0 Å². The number of hydrogen-bond donors (Lipinski definition) is 1. The lowest BCUT2D eigenvalue weighted by Crippen LogP contribution is -1.99. The normalized spacial score (nSPS) is 8.62. The van der Waals surface area contributed by atoms with Gasteiger partial charge >= 0.3 is 0 Å². The molecule has 0 amide bonds. The first-order valence-corrected chi connectivity index (χ1v) is 7.09. The molecule has 0 fully saturated rings. The van der Waals surface area contributed by atoms with E-state index in [0.717, 1.165) is 5.92 Å². The van der Waals surface area contributed by atoms with Crippen molar-refractivity contribution in [3.63, 3.8) is 0 Å². The Morgan fingerprint density at radius 3 is 1.56 bits per heavy atom. The van der Waals surface area contributed by atoms with Crippen molar-refractivity contribution in [1.82, 2.24) is 0 Å². The molecule has 0 aromatic rings. The molecule has 1 nitrogen and oxygen atoms in total. The van der Waals surface area contributed by atoms with Gasteiger partial charge in [0, 0.05) is 0 Å². The minimum absolute atomic E-state index is 1.03. The summed E-state index contributed by atoms with van der Waals surface area (Å²) in [6, 6.07) is 0. The molecule has 0 aliphatic heterocycles. The fourth-order valence-electron chi connectivity index (χ4n) is 1.74. The van der Waals surface area contributed by atoms with Gasteiger partial charge in [0.15, 0.2) is 0 Å². The number of hydrogen-bond acceptors (Lipinski definition) is 1. The topological polar surface area (TPSA) is 26.0 Å². The molecule has 0 aliphatic rings. The molecule has 0 saturated carbocycles. The molecule has 0 radical (unpaired) electrons. The SMILES string of the molecule is C=CN.CC.CCCCC(CCC)CCC. The summed E-state index contributed by atoms with van der Waals surface area (Å²) in [5.74, 6) is 1.03. The zero-order valence-electron chi connectivity index (χ0n) is 12.4. The van der Waals surface area contributed by atoms with Gasteiger partial charge in [0.1, 0.15) is 0 Å².